The second kappa shape index (κ2) is 6.14. The Kier molecular flexibility index (Phi) is 4.79. The molecule has 100 valence electrons. The van der Waals surface area contributed by atoms with Gasteiger partial charge in [0.2, 0.25) is 0 Å². The van der Waals surface area contributed by atoms with Crippen molar-refractivity contribution in [3.63, 3.8) is 0 Å². The van der Waals surface area contributed by atoms with E-state index in [-0.39, 0.29) is 6.61 Å². The van der Waals surface area contributed by atoms with Crippen molar-refractivity contribution >= 4 is 0 Å². The summed E-state index contributed by atoms with van der Waals surface area (Å²) in [5.74, 6) is 0. The van der Waals surface area contributed by atoms with Crippen LogP contribution in [0.1, 0.15) is 38.5 Å². The average molecular weight is 242 g/mol. The first kappa shape index (κ1) is 13.3. The molecule has 0 aromatic rings. The molecule has 4 heteroatoms. The van der Waals surface area contributed by atoms with Crippen molar-refractivity contribution in [2.75, 3.05) is 32.8 Å². The van der Waals surface area contributed by atoms with E-state index in [0.29, 0.717) is 6.04 Å². The summed E-state index contributed by atoms with van der Waals surface area (Å²) in [6, 6.07) is 0.479. The third-order valence-electron chi connectivity index (χ3n) is 4.24. The maximum Gasteiger partial charge on any atom is 0.0798 e. The van der Waals surface area contributed by atoms with Crippen LogP contribution in [0, 0.1) is 0 Å². The fourth-order valence-corrected chi connectivity index (χ4v) is 3.17. The van der Waals surface area contributed by atoms with Gasteiger partial charge < -0.3 is 15.5 Å². The lowest BCUT2D eigenvalue weighted by Gasteiger charge is -2.42. The normalized spacial score (nSPS) is 30.4. The summed E-state index contributed by atoms with van der Waals surface area (Å²) in [6.45, 7) is 3.99. The van der Waals surface area contributed by atoms with Crippen molar-refractivity contribution in [3.05, 3.63) is 0 Å². The predicted molar refractivity (Wildman–Crippen MR) is 68.0 cm³/mol. The number of piperidine rings is 2. The van der Waals surface area contributed by atoms with Gasteiger partial charge in [0, 0.05) is 19.2 Å². The molecule has 0 radical (unpaired) electrons. The molecular weight excluding hydrogens is 216 g/mol. The minimum Gasteiger partial charge on any atom is -0.396 e. The van der Waals surface area contributed by atoms with Gasteiger partial charge in [-0.2, -0.15) is 0 Å². The topological polar surface area (TPSA) is 55.7 Å². The molecule has 2 aliphatic rings. The molecule has 2 fully saturated rings. The van der Waals surface area contributed by atoms with Gasteiger partial charge in [-0.15, -0.1) is 0 Å². The molecule has 0 amide bonds. The summed E-state index contributed by atoms with van der Waals surface area (Å²) < 4.78 is 0. The first-order valence-electron chi connectivity index (χ1n) is 7.01. The van der Waals surface area contributed by atoms with Crippen molar-refractivity contribution in [3.8, 4) is 0 Å². The Hall–Kier alpha value is -0.160. The third-order valence-corrected chi connectivity index (χ3v) is 4.24. The van der Waals surface area contributed by atoms with Crippen molar-refractivity contribution in [2.45, 2.75) is 50.2 Å². The maximum absolute atomic E-state index is 10.6. The van der Waals surface area contributed by atoms with E-state index >= 15 is 0 Å². The van der Waals surface area contributed by atoms with E-state index in [9.17, 15) is 5.11 Å². The summed E-state index contributed by atoms with van der Waals surface area (Å²) in [6.07, 6.45) is 6.24. The molecule has 2 saturated heterocycles. The molecule has 3 N–H and O–H groups in total. The molecule has 4 nitrogen and oxygen atoms in total. The lowest BCUT2D eigenvalue weighted by molar-refractivity contribution is -0.0400. The Morgan fingerprint density at radius 2 is 2.00 bits per heavy atom. The molecule has 0 bridgehead atoms. The van der Waals surface area contributed by atoms with Crippen LogP contribution >= 0.6 is 0 Å². The zero-order valence-corrected chi connectivity index (χ0v) is 10.7. The van der Waals surface area contributed by atoms with Crippen LogP contribution < -0.4 is 5.32 Å². The fraction of sp³-hybridized carbons (Fsp3) is 1.00. The van der Waals surface area contributed by atoms with Gasteiger partial charge in [-0.05, 0) is 51.7 Å². The molecule has 1 unspecified atom stereocenters. The van der Waals surface area contributed by atoms with Gasteiger partial charge in [-0.25, -0.2) is 0 Å². The molecular formula is C13H26N2O2. The predicted octanol–water partition coefficient (Wildman–Crippen LogP) is 0.338. The number of nitrogens with one attached hydrogen (secondary N) is 1. The van der Waals surface area contributed by atoms with Crippen LogP contribution in [0.5, 0.6) is 0 Å². The second-order valence-electron chi connectivity index (χ2n) is 5.61. The van der Waals surface area contributed by atoms with Crippen molar-refractivity contribution < 1.29 is 10.2 Å². The van der Waals surface area contributed by atoms with Gasteiger partial charge in [0.1, 0.15) is 0 Å². The molecule has 0 spiro atoms. The van der Waals surface area contributed by atoms with Crippen molar-refractivity contribution in [1.29, 1.82) is 0 Å². The van der Waals surface area contributed by atoms with E-state index in [1.807, 2.05) is 0 Å². The Labute approximate surface area is 104 Å². The summed E-state index contributed by atoms with van der Waals surface area (Å²) in [7, 11) is 0. The highest BCUT2D eigenvalue weighted by Gasteiger charge is 2.34. The Bertz CT molecular complexity index is 227. The molecule has 0 saturated carbocycles. The highest BCUT2D eigenvalue weighted by atomic mass is 16.3. The van der Waals surface area contributed by atoms with E-state index in [4.69, 9.17) is 5.11 Å². The maximum atomic E-state index is 10.6. The highest BCUT2D eigenvalue weighted by Crippen LogP contribution is 2.25. The van der Waals surface area contributed by atoms with Gasteiger partial charge >= 0.3 is 0 Å². The number of rotatable bonds is 4. The largest absolute Gasteiger partial charge is 0.396 e. The molecule has 0 aliphatic carbocycles. The smallest absolute Gasteiger partial charge is 0.0798 e. The second-order valence-corrected chi connectivity index (χ2v) is 5.61. The van der Waals surface area contributed by atoms with Crippen LogP contribution in [-0.4, -0.2) is 59.5 Å². The summed E-state index contributed by atoms with van der Waals surface area (Å²) in [5, 5.41) is 23.0. The molecule has 17 heavy (non-hydrogen) atoms. The monoisotopic (exact) mass is 242 g/mol. The van der Waals surface area contributed by atoms with Gasteiger partial charge in [-0.1, -0.05) is 6.42 Å². The van der Waals surface area contributed by atoms with Crippen LogP contribution in [0.4, 0.5) is 0 Å². The number of hydrogen-bond donors (Lipinski definition) is 3. The third kappa shape index (κ3) is 3.65. The van der Waals surface area contributed by atoms with Crippen LogP contribution in [-0.2, 0) is 0 Å². The summed E-state index contributed by atoms with van der Waals surface area (Å²) in [4.78, 5) is 2.41. The van der Waals surface area contributed by atoms with Crippen LogP contribution in [0.2, 0.25) is 0 Å². The fourth-order valence-electron chi connectivity index (χ4n) is 3.17. The van der Waals surface area contributed by atoms with Gasteiger partial charge in [0.15, 0.2) is 0 Å². The number of hydrogen-bond acceptors (Lipinski definition) is 4. The number of β-amino-alcohol motifs (C(OH)–C–C–N with tert-alkyl or cyclic N) is 1. The molecule has 2 rings (SSSR count). The van der Waals surface area contributed by atoms with Crippen LogP contribution in [0.15, 0.2) is 0 Å². The lowest BCUT2D eigenvalue weighted by Crippen LogP contribution is -2.53. The number of nitrogens with zero attached hydrogens (tertiary/aromatic N) is 1. The van der Waals surface area contributed by atoms with E-state index in [0.717, 1.165) is 45.4 Å². The van der Waals surface area contributed by atoms with Crippen molar-refractivity contribution in [2.24, 2.45) is 0 Å². The minimum absolute atomic E-state index is 0.265. The average Bonchev–Trinajstić information content (AvgIpc) is 2.32. The minimum atomic E-state index is -0.504. The number of likely N-dealkylation sites (tertiary alicyclic amines) is 1. The Morgan fingerprint density at radius 3 is 2.71 bits per heavy atom. The zero-order chi connectivity index (χ0) is 12.1. The molecule has 0 aromatic carbocycles. The van der Waals surface area contributed by atoms with Crippen LogP contribution in [0.3, 0.4) is 0 Å². The molecule has 0 aromatic heterocycles. The van der Waals surface area contributed by atoms with E-state index in [1.165, 1.54) is 19.3 Å². The van der Waals surface area contributed by atoms with Gasteiger partial charge in [0.05, 0.1) is 5.60 Å². The Morgan fingerprint density at radius 1 is 1.24 bits per heavy atom. The molecule has 2 aliphatic heterocycles. The Balaban J connectivity index is 1.90. The lowest BCUT2D eigenvalue weighted by atomic mass is 9.89. The number of aliphatic hydroxyl groups excluding tert-OH is 1. The molecule has 1 atom stereocenters. The van der Waals surface area contributed by atoms with E-state index < -0.39 is 5.60 Å². The number of aliphatic hydroxyl groups is 2. The first-order valence-corrected chi connectivity index (χ1v) is 7.01. The summed E-state index contributed by atoms with van der Waals surface area (Å²) in [5.41, 5.74) is -0.504. The standard InChI is InChI=1S/C13H26N2O2/c16-10-4-12-3-1-2-9-15(12)11-13(17)5-7-14-8-6-13/h12,14,16-17H,1-11H2. The SMILES string of the molecule is OCCC1CCCCN1CC1(O)CCNCC1. The zero-order valence-electron chi connectivity index (χ0n) is 10.7. The van der Waals surface area contributed by atoms with Gasteiger partial charge in [-0.3, -0.25) is 4.90 Å². The van der Waals surface area contributed by atoms with Gasteiger partial charge in [0.25, 0.3) is 0 Å². The van der Waals surface area contributed by atoms with Crippen molar-refractivity contribution in [1.82, 2.24) is 10.2 Å². The first-order chi connectivity index (χ1) is 8.23. The van der Waals surface area contributed by atoms with E-state index in [1.54, 1.807) is 0 Å². The van der Waals surface area contributed by atoms with E-state index in [2.05, 4.69) is 10.2 Å². The summed E-state index contributed by atoms with van der Waals surface area (Å²) >= 11 is 0. The quantitative estimate of drug-likeness (QED) is 0.665. The molecule has 2 heterocycles. The van der Waals surface area contributed by atoms with Crippen LogP contribution in [0.25, 0.3) is 0 Å². The highest BCUT2D eigenvalue weighted by molar-refractivity contribution is 4.90.